The van der Waals surface area contributed by atoms with Gasteiger partial charge in [-0.05, 0) is 30.2 Å². The molecule has 1 aliphatic heterocycles. The van der Waals surface area contributed by atoms with E-state index in [0.717, 1.165) is 27.6 Å². The van der Waals surface area contributed by atoms with E-state index in [4.69, 9.17) is 11.6 Å². The minimum absolute atomic E-state index is 0.222. The molecule has 5 nitrogen and oxygen atoms in total. The van der Waals surface area contributed by atoms with Gasteiger partial charge >= 0.3 is 0 Å². The van der Waals surface area contributed by atoms with Crippen LogP contribution in [0.5, 0.6) is 0 Å². The van der Waals surface area contributed by atoms with Crippen molar-refractivity contribution in [1.82, 2.24) is 4.98 Å². The highest BCUT2D eigenvalue weighted by Crippen LogP contribution is 2.30. The molecule has 2 aromatic carbocycles. The molecule has 1 saturated heterocycles. The SMILES string of the molecule is O=S1(=O)CCCN1c1cccc(CNc2nc(-c3ccccc3Cl)cs2)c1. The van der Waals surface area contributed by atoms with E-state index in [-0.39, 0.29) is 5.75 Å². The molecule has 1 fully saturated rings. The molecule has 0 saturated carbocycles. The average molecular weight is 420 g/mol. The fourth-order valence-electron chi connectivity index (χ4n) is 3.08. The lowest BCUT2D eigenvalue weighted by atomic mass is 10.2. The number of rotatable bonds is 5. The summed E-state index contributed by atoms with van der Waals surface area (Å²) in [5, 5.41) is 6.74. The number of thiazole rings is 1. The van der Waals surface area contributed by atoms with Crippen LogP contribution in [0, 0.1) is 0 Å². The second kappa shape index (κ2) is 7.50. The molecular weight excluding hydrogens is 402 g/mol. The van der Waals surface area contributed by atoms with Crippen LogP contribution < -0.4 is 9.62 Å². The van der Waals surface area contributed by atoms with Gasteiger partial charge in [0.2, 0.25) is 10.0 Å². The first-order chi connectivity index (χ1) is 13.0. The maximum absolute atomic E-state index is 12.1. The van der Waals surface area contributed by atoms with Gasteiger partial charge in [0.05, 0.1) is 17.1 Å². The van der Waals surface area contributed by atoms with Gasteiger partial charge in [-0.3, -0.25) is 4.31 Å². The molecule has 0 amide bonds. The Kier molecular flexibility index (Phi) is 5.08. The van der Waals surface area contributed by atoms with E-state index in [1.54, 1.807) is 0 Å². The zero-order chi connectivity index (χ0) is 18.9. The molecule has 0 atom stereocenters. The molecule has 27 heavy (non-hydrogen) atoms. The van der Waals surface area contributed by atoms with E-state index in [9.17, 15) is 8.42 Å². The second-order valence-corrected chi connectivity index (χ2v) is 9.56. The van der Waals surface area contributed by atoms with E-state index in [2.05, 4.69) is 10.3 Å². The van der Waals surface area contributed by atoms with Crippen LogP contribution in [0.1, 0.15) is 12.0 Å². The third kappa shape index (κ3) is 3.95. The van der Waals surface area contributed by atoms with Crippen LogP contribution in [0.25, 0.3) is 11.3 Å². The van der Waals surface area contributed by atoms with Crippen LogP contribution in [0.3, 0.4) is 0 Å². The maximum Gasteiger partial charge on any atom is 0.235 e. The molecule has 1 aromatic heterocycles. The Bertz CT molecular complexity index is 1070. The van der Waals surface area contributed by atoms with E-state index >= 15 is 0 Å². The Morgan fingerprint density at radius 3 is 2.81 bits per heavy atom. The summed E-state index contributed by atoms with van der Waals surface area (Å²) in [5.74, 6) is 0.222. The van der Waals surface area contributed by atoms with Gasteiger partial charge in [-0.1, -0.05) is 41.9 Å². The van der Waals surface area contributed by atoms with E-state index in [1.165, 1.54) is 15.6 Å². The van der Waals surface area contributed by atoms with Gasteiger partial charge < -0.3 is 5.32 Å². The molecule has 0 aliphatic carbocycles. The molecule has 1 aliphatic rings. The summed E-state index contributed by atoms with van der Waals surface area (Å²) < 4.78 is 25.7. The Morgan fingerprint density at radius 1 is 1.19 bits per heavy atom. The van der Waals surface area contributed by atoms with Crippen molar-refractivity contribution in [2.75, 3.05) is 21.9 Å². The summed E-state index contributed by atoms with van der Waals surface area (Å²) in [4.78, 5) is 4.60. The number of nitrogens with one attached hydrogen (secondary N) is 1. The van der Waals surface area contributed by atoms with E-state index < -0.39 is 10.0 Å². The number of hydrogen-bond donors (Lipinski definition) is 1. The first-order valence-electron chi connectivity index (χ1n) is 8.56. The predicted octanol–water partition coefficient (Wildman–Crippen LogP) is 4.62. The lowest BCUT2D eigenvalue weighted by molar-refractivity contribution is 0.599. The number of sulfonamides is 1. The minimum atomic E-state index is -3.17. The van der Waals surface area contributed by atoms with Crippen LogP contribution >= 0.6 is 22.9 Å². The normalized spacial score (nSPS) is 15.8. The predicted molar refractivity (Wildman–Crippen MR) is 112 cm³/mol. The Labute approximate surface area is 167 Å². The molecule has 1 N–H and O–H groups in total. The second-order valence-electron chi connectivity index (χ2n) is 6.28. The third-order valence-corrected chi connectivity index (χ3v) is 7.39. The Hall–Kier alpha value is -2.09. The fraction of sp³-hybridized carbons (Fsp3) is 0.211. The van der Waals surface area contributed by atoms with Gasteiger partial charge in [0, 0.05) is 29.1 Å². The number of hydrogen-bond acceptors (Lipinski definition) is 5. The highest BCUT2D eigenvalue weighted by molar-refractivity contribution is 7.93. The van der Waals surface area contributed by atoms with Crippen LogP contribution in [0.4, 0.5) is 10.8 Å². The summed E-state index contributed by atoms with van der Waals surface area (Å²) >= 11 is 7.75. The summed E-state index contributed by atoms with van der Waals surface area (Å²) in [6.07, 6.45) is 0.675. The fourth-order valence-corrected chi connectivity index (χ4v) is 5.57. The van der Waals surface area contributed by atoms with Gasteiger partial charge in [0.1, 0.15) is 0 Å². The van der Waals surface area contributed by atoms with E-state index in [1.807, 2.05) is 53.9 Å². The van der Waals surface area contributed by atoms with Gasteiger partial charge in [-0.2, -0.15) is 0 Å². The van der Waals surface area contributed by atoms with Crippen LogP contribution in [-0.2, 0) is 16.6 Å². The third-order valence-electron chi connectivity index (χ3n) is 4.40. The number of anilines is 2. The zero-order valence-electron chi connectivity index (χ0n) is 14.4. The van der Waals surface area contributed by atoms with Crippen molar-refractivity contribution >= 4 is 43.8 Å². The number of benzene rings is 2. The Morgan fingerprint density at radius 2 is 2.04 bits per heavy atom. The molecule has 0 radical (unpaired) electrons. The largest absolute Gasteiger partial charge is 0.357 e. The monoisotopic (exact) mass is 419 g/mol. The van der Waals surface area contributed by atoms with Crippen LogP contribution in [0.2, 0.25) is 5.02 Å². The molecule has 2 heterocycles. The van der Waals surface area contributed by atoms with Crippen molar-refractivity contribution in [2.24, 2.45) is 0 Å². The van der Waals surface area contributed by atoms with Gasteiger partial charge in [-0.15, -0.1) is 11.3 Å². The number of halogens is 1. The molecule has 0 spiro atoms. The topological polar surface area (TPSA) is 62.3 Å². The van der Waals surface area contributed by atoms with Gasteiger partial charge in [0.25, 0.3) is 0 Å². The lowest BCUT2D eigenvalue weighted by Gasteiger charge is -2.17. The minimum Gasteiger partial charge on any atom is -0.357 e. The van der Waals surface area contributed by atoms with Crippen molar-refractivity contribution in [1.29, 1.82) is 0 Å². The first-order valence-corrected chi connectivity index (χ1v) is 11.4. The van der Waals surface area contributed by atoms with Crippen molar-refractivity contribution in [3.05, 3.63) is 64.5 Å². The molecule has 8 heteroatoms. The standard InChI is InChI=1S/C19H18ClN3O2S2/c20-17-8-2-1-7-16(17)18-13-26-19(22-18)21-12-14-5-3-6-15(11-14)23-9-4-10-27(23,24)25/h1-3,5-8,11,13H,4,9-10,12H2,(H,21,22). The maximum atomic E-state index is 12.1. The molecule has 3 aromatic rings. The average Bonchev–Trinajstić information content (AvgIpc) is 3.26. The molecule has 0 bridgehead atoms. The summed E-state index contributed by atoms with van der Waals surface area (Å²) in [7, 11) is -3.17. The lowest BCUT2D eigenvalue weighted by Crippen LogP contribution is -2.25. The smallest absolute Gasteiger partial charge is 0.235 e. The van der Waals surface area contributed by atoms with Gasteiger partial charge in [-0.25, -0.2) is 13.4 Å². The summed E-state index contributed by atoms with van der Waals surface area (Å²) in [6, 6.07) is 15.2. The van der Waals surface area contributed by atoms with Crippen LogP contribution in [0.15, 0.2) is 53.9 Å². The molecule has 4 rings (SSSR count). The molecule has 0 unspecified atom stereocenters. The number of aromatic nitrogens is 1. The summed E-state index contributed by atoms with van der Waals surface area (Å²) in [6.45, 7) is 1.12. The number of nitrogens with zero attached hydrogens (tertiary/aromatic N) is 2. The first kappa shape index (κ1) is 18.3. The van der Waals surface area contributed by atoms with Crippen molar-refractivity contribution in [3.63, 3.8) is 0 Å². The van der Waals surface area contributed by atoms with Crippen LogP contribution in [-0.4, -0.2) is 25.7 Å². The zero-order valence-corrected chi connectivity index (χ0v) is 16.8. The highest BCUT2D eigenvalue weighted by atomic mass is 35.5. The Balaban J connectivity index is 1.47. The summed E-state index contributed by atoms with van der Waals surface area (Å²) in [5.41, 5.74) is 3.47. The quantitative estimate of drug-likeness (QED) is 0.655. The highest BCUT2D eigenvalue weighted by Gasteiger charge is 2.28. The van der Waals surface area contributed by atoms with Crippen molar-refractivity contribution in [2.45, 2.75) is 13.0 Å². The van der Waals surface area contributed by atoms with Gasteiger partial charge in [0.15, 0.2) is 5.13 Å². The van der Waals surface area contributed by atoms with E-state index in [0.29, 0.717) is 24.5 Å². The molecular formula is C19H18ClN3O2S2. The van der Waals surface area contributed by atoms with Crippen molar-refractivity contribution in [3.8, 4) is 11.3 Å². The molecule has 140 valence electrons. The van der Waals surface area contributed by atoms with Crippen molar-refractivity contribution < 1.29 is 8.42 Å².